The second kappa shape index (κ2) is 29.4. The number of hydrogen-bond acceptors (Lipinski definition) is 1. The molecule has 3 N–H and O–H groups in total. The summed E-state index contributed by atoms with van der Waals surface area (Å²) in [5.41, 5.74) is 0. The maximum absolute atomic E-state index is 0. The van der Waals surface area contributed by atoms with E-state index in [1.807, 2.05) is 0 Å². The van der Waals surface area contributed by atoms with E-state index in [2.05, 4.69) is 0 Å². The van der Waals surface area contributed by atoms with E-state index in [1.165, 1.54) is 0 Å². The summed E-state index contributed by atoms with van der Waals surface area (Å²) in [5.74, 6) is 0. The summed E-state index contributed by atoms with van der Waals surface area (Å²) in [5, 5.41) is 0. The molecule has 0 aromatic rings. The second-order valence-corrected chi connectivity index (χ2v) is 0. The fourth-order valence-electron chi connectivity index (χ4n) is 0. The number of rotatable bonds is 0. The van der Waals surface area contributed by atoms with Crippen LogP contribution in [0.2, 0.25) is 0 Å². The van der Waals surface area contributed by atoms with Gasteiger partial charge in [0.25, 0.3) is 0 Å². The first-order valence-corrected chi connectivity index (χ1v) is 0. The van der Waals surface area contributed by atoms with E-state index >= 15 is 0 Å². The Hall–Kier alpha value is 1.22. The van der Waals surface area contributed by atoms with Gasteiger partial charge in [-0.2, -0.15) is 9.90 Å². The molecule has 0 aliphatic heterocycles. The Morgan fingerprint density at radius 2 is 1.25 bits per heavy atom. The van der Waals surface area contributed by atoms with Crippen LogP contribution in [0.25, 0.3) is 0 Å². The third kappa shape index (κ3) is 10.7. The average Bonchev–Trinajstić information content (AvgIpc) is 0. The first-order valence-electron chi connectivity index (χ1n) is 0. The van der Waals surface area contributed by atoms with Gasteiger partial charge in [0.05, 0.1) is 0 Å². The third-order valence-corrected chi connectivity index (χ3v) is 0. The molecule has 1 nitrogen and oxygen atoms in total. The third-order valence-electron chi connectivity index (χ3n) is 0. The van der Waals surface area contributed by atoms with Crippen molar-refractivity contribution in [1.82, 2.24) is 6.15 Å². The van der Waals surface area contributed by atoms with Crippen LogP contribution in [-0.2, 0) is 0 Å². The maximum atomic E-state index is 0. The van der Waals surface area contributed by atoms with Gasteiger partial charge >= 0.3 is 23.1 Å². The van der Waals surface area contributed by atoms with E-state index in [-0.39, 0.29) is 50.4 Å². The summed E-state index contributed by atoms with van der Waals surface area (Å²) < 4.78 is 0. The van der Waals surface area contributed by atoms with Crippen LogP contribution in [0.1, 0.15) is 2.85 Å². The van der Waals surface area contributed by atoms with Crippen molar-refractivity contribution in [2.24, 2.45) is 0 Å². The molecule has 0 fully saturated rings. The summed E-state index contributed by atoms with van der Waals surface area (Å²) in [6, 6.07) is 0. The molecule has 0 spiro atoms. The largest absolute Gasteiger partial charge is 2.00 e. The van der Waals surface area contributed by atoms with Crippen molar-refractivity contribution in [3.63, 3.8) is 0 Å². The molecule has 3 radical (unpaired) electrons. The van der Waals surface area contributed by atoms with Gasteiger partial charge < -0.3 is 9.00 Å². The van der Waals surface area contributed by atoms with Crippen molar-refractivity contribution >= 4 is 41.4 Å². The molecule has 0 saturated heterocycles. The first kappa shape index (κ1) is 62.4. The minimum absolute atomic E-state index is 0. The summed E-state index contributed by atoms with van der Waals surface area (Å²) in [4.78, 5) is 0. The summed E-state index contributed by atoms with van der Waals surface area (Å²) in [6.07, 6.45) is 0. The maximum Gasteiger partial charge on any atom is 2.00 e. The molecule has 0 heterocycles. The van der Waals surface area contributed by atoms with Gasteiger partial charge in [-0.1, -0.05) is 0 Å². The topological polar surface area (TPSA) is 35.0 Å². The molecule has 0 aromatic carbocycles. The Morgan fingerprint density at radius 3 is 1.25 bits per heavy atom. The van der Waals surface area contributed by atoms with Crippen molar-refractivity contribution in [2.45, 2.75) is 0 Å². The zero-order chi connectivity index (χ0) is 0. The molecule has 0 aliphatic rings. The van der Waals surface area contributed by atoms with Gasteiger partial charge in [0, 0.05) is 8.41 Å². The van der Waals surface area contributed by atoms with Crippen molar-refractivity contribution in [1.29, 1.82) is 0 Å². The summed E-state index contributed by atoms with van der Waals surface area (Å²) in [6.45, 7) is 0. The quantitative estimate of drug-likeness (QED) is 0.320. The Balaban J connectivity index is 0. The van der Waals surface area contributed by atoms with E-state index in [0.29, 0.717) is 0 Å². The molecule has 1 atom stereocenters. The van der Waals surface area contributed by atoms with E-state index in [1.54, 1.807) is 0 Å². The van der Waals surface area contributed by atoms with Crippen molar-refractivity contribution in [2.75, 3.05) is 0 Å². The average molecular weight is 88.2 g/mol. The number of hydrogen-bond donors (Lipinski definition) is 1. The van der Waals surface area contributed by atoms with Crippen LogP contribution in [0.5, 0.6) is 0 Å². The molecule has 0 bridgehead atoms. The van der Waals surface area contributed by atoms with Gasteiger partial charge in [0.2, 0.25) is 0 Å². The van der Waals surface area contributed by atoms with Crippen LogP contribution in [0, 0.1) is 0 Å². The molecular formula is H8BMgNP. The molecule has 1 unspecified atom stereocenters. The Labute approximate surface area is 50.8 Å². The predicted molar refractivity (Wildman–Crippen MR) is 29.9 cm³/mol. The van der Waals surface area contributed by atoms with E-state index < -0.39 is 0 Å². The van der Waals surface area contributed by atoms with Crippen LogP contribution in [0.15, 0.2) is 0 Å². The Bertz CT molecular complexity index is 13.5. The minimum Gasteiger partial charge on any atom is -1.00 e. The fraction of sp³-hybridized carbons (Fsp3) is 0. The molecule has 4 heteroatoms. The van der Waals surface area contributed by atoms with E-state index in [9.17, 15) is 0 Å². The SMILES string of the molecule is N.P.[B].[H-].[H-].[Mg+2]. The van der Waals surface area contributed by atoms with Crippen LogP contribution >= 0.6 is 9.90 Å². The summed E-state index contributed by atoms with van der Waals surface area (Å²) >= 11 is 0. The molecule has 0 saturated carbocycles. The smallest absolute Gasteiger partial charge is 1.00 e. The van der Waals surface area contributed by atoms with Crippen molar-refractivity contribution < 1.29 is 2.85 Å². The van der Waals surface area contributed by atoms with Crippen LogP contribution in [0.3, 0.4) is 0 Å². The predicted octanol–water partition coefficient (Wildman–Crippen LogP) is -0.317. The van der Waals surface area contributed by atoms with Gasteiger partial charge in [0.1, 0.15) is 0 Å². The van der Waals surface area contributed by atoms with Crippen LogP contribution in [0.4, 0.5) is 0 Å². The van der Waals surface area contributed by atoms with Gasteiger partial charge in [-0.25, -0.2) is 0 Å². The second-order valence-electron chi connectivity index (χ2n) is 0. The molecule has 4 heavy (non-hydrogen) atoms. The fourth-order valence-corrected chi connectivity index (χ4v) is 0. The Kier molecular flexibility index (Phi) is 458. The molecule has 23 valence electrons. The molecule has 0 aromatic heterocycles. The zero-order valence-corrected chi connectivity index (χ0v) is 5.53. The van der Waals surface area contributed by atoms with E-state index in [0.717, 1.165) is 0 Å². The van der Waals surface area contributed by atoms with Crippen LogP contribution in [-0.4, -0.2) is 31.5 Å². The van der Waals surface area contributed by atoms with Crippen molar-refractivity contribution in [3.8, 4) is 0 Å². The van der Waals surface area contributed by atoms with Gasteiger partial charge in [-0.05, 0) is 0 Å². The van der Waals surface area contributed by atoms with Gasteiger partial charge in [-0.15, -0.1) is 0 Å². The van der Waals surface area contributed by atoms with Crippen LogP contribution < -0.4 is 6.15 Å². The molecule has 0 aliphatic carbocycles. The first-order chi connectivity index (χ1) is 0. The normalized spacial score (nSPS) is 0. The summed E-state index contributed by atoms with van der Waals surface area (Å²) in [7, 11) is 0. The zero-order valence-electron chi connectivity index (χ0n) is 4.70. The van der Waals surface area contributed by atoms with Gasteiger partial charge in [0.15, 0.2) is 0 Å². The molecule has 0 amide bonds. The monoisotopic (exact) mass is 88.0 g/mol. The Morgan fingerprint density at radius 1 is 1.25 bits per heavy atom. The molecule has 0 rings (SSSR count). The van der Waals surface area contributed by atoms with E-state index in [4.69, 9.17) is 0 Å². The standard InChI is InChI=1S/B.Mg.H3N.H3P.2H/h;;2*1H3;;/q;+2;;;2*-1. The van der Waals surface area contributed by atoms with Crippen molar-refractivity contribution in [3.05, 3.63) is 0 Å². The minimum atomic E-state index is 0. The van der Waals surface area contributed by atoms with Gasteiger partial charge in [-0.3, -0.25) is 0 Å². The molecular weight excluding hydrogens is 80.1 g/mol.